The van der Waals surface area contributed by atoms with Gasteiger partial charge in [0.1, 0.15) is 0 Å². The van der Waals surface area contributed by atoms with E-state index in [1.54, 1.807) is 0 Å². The maximum Gasteiger partial charge on any atom is 0.505 e. The number of rotatable bonds is 5. The fraction of sp³-hybridized carbons (Fsp3) is 0.875. The molecule has 66 valence electrons. The van der Waals surface area contributed by atoms with Crippen LogP contribution in [0.2, 0.25) is 0 Å². The van der Waals surface area contributed by atoms with Gasteiger partial charge in [-0.15, -0.1) is 0 Å². The molecule has 0 heterocycles. The Morgan fingerprint density at radius 2 is 2.09 bits per heavy atom. The lowest BCUT2D eigenvalue weighted by molar-refractivity contribution is 0.0898. The van der Waals surface area contributed by atoms with E-state index in [4.69, 9.17) is 5.11 Å². The van der Waals surface area contributed by atoms with Crippen molar-refractivity contribution < 1.29 is 14.6 Å². The molecule has 0 aromatic carbocycles. The summed E-state index contributed by atoms with van der Waals surface area (Å²) in [5.74, 6) is 0.694. The van der Waals surface area contributed by atoms with Crippen LogP contribution in [0.15, 0.2) is 0 Å². The Kier molecular flexibility index (Phi) is 5.61. The Hall–Kier alpha value is -0.730. The Morgan fingerprint density at radius 3 is 2.55 bits per heavy atom. The molecule has 0 aromatic heterocycles. The van der Waals surface area contributed by atoms with E-state index >= 15 is 0 Å². The van der Waals surface area contributed by atoms with E-state index in [0.29, 0.717) is 12.5 Å². The number of unbranched alkanes of at least 4 members (excludes halogenated alkanes) is 1. The van der Waals surface area contributed by atoms with Gasteiger partial charge >= 0.3 is 6.16 Å². The first kappa shape index (κ1) is 10.3. The average Bonchev–Trinajstić information content (AvgIpc) is 1.85. The maximum atomic E-state index is 9.87. The largest absolute Gasteiger partial charge is 0.505 e. The lowest BCUT2D eigenvalue weighted by Gasteiger charge is -2.03. The molecule has 0 aliphatic rings. The number of ether oxygens (including phenoxy) is 1. The van der Waals surface area contributed by atoms with Gasteiger partial charge in [0.25, 0.3) is 0 Å². The van der Waals surface area contributed by atoms with Crippen LogP contribution in [0.5, 0.6) is 0 Å². The molecule has 0 aromatic rings. The van der Waals surface area contributed by atoms with E-state index in [9.17, 15) is 4.79 Å². The lowest BCUT2D eigenvalue weighted by Crippen LogP contribution is -2.01. The average molecular weight is 160 g/mol. The highest BCUT2D eigenvalue weighted by Gasteiger charge is 1.96. The molecule has 0 amide bonds. The van der Waals surface area contributed by atoms with Crippen molar-refractivity contribution >= 4 is 6.16 Å². The molecule has 1 N–H and O–H groups in total. The molecule has 0 radical (unpaired) electrons. The minimum atomic E-state index is -1.17. The highest BCUT2D eigenvalue weighted by molar-refractivity contribution is 5.56. The van der Waals surface area contributed by atoms with Crippen molar-refractivity contribution in [3.05, 3.63) is 0 Å². The van der Waals surface area contributed by atoms with Crippen molar-refractivity contribution in [3.8, 4) is 0 Å². The molecule has 0 unspecified atom stereocenters. The molecule has 3 nitrogen and oxygen atoms in total. The molecule has 0 rings (SSSR count). The monoisotopic (exact) mass is 160 g/mol. The molecule has 0 atom stereocenters. The van der Waals surface area contributed by atoms with Crippen LogP contribution >= 0.6 is 0 Å². The third-order valence-electron chi connectivity index (χ3n) is 1.40. The fourth-order valence-corrected chi connectivity index (χ4v) is 0.814. The van der Waals surface area contributed by atoms with Crippen molar-refractivity contribution in [1.29, 1.82) is 0 Å². The highest BCUT2D eigenvalue weighted by atomic mass is 16.7. The van der Waals surface area contributed by atoms with Crippen molar-refractivity contribution in [3.63, 3.8) is 0 Å². The molecule has 3 heteroatoms. The molecule has 0 bridgehead atoms. The molecule has 0 aliphatic carbocycles. The van der Waals surface area contributed by atoms with Gasteiger partial charge in [0.05, 0.1) is 6.61 Å². The molecule has 0 saturated carbocycles. The third kappa shape index (κ3) is 9.27. The Labute approximate surface area is 67.4 Å². The number of carboxylic acid groups (broad SMARTS) is 1. The first-order valence-electron chi connectivity index (χ1n) is 3.98. The smallest absolute Gasteiger partial charge is 0.450 e. The number of hydrogen-bond donors (Lipinski definition) is 1. The minimum Gasteiger partial charge on any atom is -0.450 e. The first-order chi connectivity index (χ1) is 5.13. The summed E-state index contributed by atoms with van der Waals surface area (Å²) < 4.78 is 4.34. The molecule has 0 spiro atoms. The second-order valence-electron chi connectivity index (χ2n) is 3.00. The van der Waals surface area contributed by atoms with E-state index in [2.05, 4.69) is 18.6 Å². The molecule has 0 saturated heterocycles. The molecular formula is C8H16O3. The Morgan fingerprint density at radius 1 is 1.45 bits per heavy atom. The summed E-state index contributed by atoms with van der Waals surface area (Å²) in [6.45, 7) is 4.64. The summed E-state index contributed by atoms with van der Waals surface area (Å²) in [6, 6.07) is 0. The SMILES string of the molecule is CC(C)CCCCOC(=O)O. The predicted molar refractivity (Wildman–Crippen MR) is 42.7 cm³/mol. The van der Waals surface area contributed by atoms with Crippen LogP contribution in [0.25, 0.3) is 0 Å². The zero-order chi connectivity index (χ0) is 8.69. The van der Waals surface area contributed by atoms with Gasteiger partial charge in [0, 0.05) is 0 Å². The topological polar surface area (TPSA) is 46.5 Å². The van der Waals surface area contributed by atoms with E-state index < -0.39 is 6.16 Å². The van der Waals surface area contributed by atoms with Crippen LogP contribution in [0.4, 0.5) is 4.79 Å². The van der Waals surface area contributed by atoms with Crippen LogP contribution in [-0.4, -0.2) is 17.9 Å². The zero-order valence-electron chi connectivity index (χ0n) is 7.17. The van der Waals surface area contributed by atoms with E-state index in [1.807, 2.05) is 0 Å². The van der Waals surface area contributed by atoms with Gasteiger partial charge in [-0.25, -0.2) is 4.79 Å². The summed E-state index contributed by atoms with van der Waals surface area (Å²) in [7, 11) is 0. The van der Waals surface area contributed by atoms with E-state index in [1.165, 1.54) is 0 Å². The first-order valence-corrected chi connectivity index (χ1v) is 3.98. The normalized spacial score (nSPS) is 10.1. The van der Waals surface area contributed by atoms with Crippen LogP contribution in [0.1, 0.15) is 33.1 Å². The van der Waals surface area contributed by atoms with Crippen LogP contribution < -0.4 is 0 Å². The van der Waals surface area contributed by atoms with Crippen molar-refractivity contribution in [2.24, 2.45) is 5.92 Å². The van der Waals surface area contributed by atoms with E-state index in [0.717, 1.165) is 19.3 Å². The summed E-state index contributed by atoms with van der Waals surface area (Å²) in [5, 5.41) is 8.10. The van der Waals surface area contributed by atoms with Gasteiger partial charge in [-0.05, 0) is 18.8 Å². The zero-order valence-corrected chi connectivity index (χ0v) is 7.17. The van der Waals surface area contributed by atoms with Gasteiger partial charge in [-0.1, -0.05) is 20.3 Å². The van der Waals surface area contributed by atoms with Crippen molar-refractivity contribution in [2.75, 3.05) is 6.61 Å². The number of carbonyl (C=O) groups is 1. The van der Waals surface area contributed by atoms with Gasteiger partial charge in [0.15, 0.2) is 0 Å². The van der Waals surface area contributed by atoms with Crippen molar-refractivity contribution in [1.82, 2.24) is 0 Å². The Bertz CT molecular complexity index is 110. The van der Waals surface area contributed by atoms with Gasteiger partial charge in [-0.3, -0.25) is 0 Å². The second-order valence-corrected chi connectivity index (χ2v) is 3.00. The molecule has 0 aliphatic heterocycles. The number of hydrogen-bond acceptors (Lipinski definition) is 2. The summed E-state index contributed by atoms with van der Waals surface area (Å²) in [6.07, 6.45) is 1.85. The van der Waals surface area contributed by atoms with Crippen LogP contribution in [-0.2, 0) is 4.74 Å². The van der Waals surface area contributed by atoms with E-state index in [-0.39, 0.29) is 0 Å². The Balaban J connectivity index is 2.97. The van der Waals surface area contributed by atoms with Crippen molar-refractivity contribution in [2.45, 2.75) is 33.1 Å². The molecular weight excluding hydrogens is 144 g/mol. The van der Waals surface area contributed by atoms with Crippen LogP contribution in [0.3, 0.4) is 0 Å². The standard InChI is InChI=1S/C8H16O3/c1-7(2)5-3-4-6-11-8(9)10/h7H,3-6H2,1-2H3,(H,9,10). The third-order valence-corrected chi connectivity index (χ3v) is 1.40. The maximum absolute atomic E-state index is 9.87. The summed E-state index contributed by atoms with van der Waals surface area (Å²) >= 11 is 0. The molecule has 0 fully saturated rings. The minimum absolute atomic E-state index is 0.335. The van der Waals surface area contributed by atoms with Gasteiger partial charge in [-0.2, -0.15) is 0 Å². The van der Waals surface area contributed by atoms with Crippen LogP contribution in [0, 0.1) is 5.92 Å². The lowest BCUT2D eigenvalue weighted by atomic mass is 10.1. The summed E-state index contributed by atoms with van der Waals surface area (Å²) in [5.41, 5.74) is 0. The molecule has 11 heavy (non-hydrogen) atoms. The second kappa shape index (κ2) is 6.01. The predicted octanol–water partition coefficient (Wildman–Crippen LogP) is 2.51. The van der Waals surface area contributed by atoms with Gasteiger partial charge in [0.2, 0.25) is 0 Å². The summed E-state index contributed by atoms with van der Waals surface area (Å²) in [4.78, 5) is 9.87. The fourth-order valence-electron chi connectivity index (χ4n) is 0.814. The van der Waals surface area contributed by atoms with Gasteiger partial charge < -0.3 is 9.84 Å². The quantitative estimate of drug-likeness (QED) is 0.496. The highest BCUT2D eigenvalue weighted by Crippen LogP contribution is 2.05.